The van der Waals surface area contributed by atoms with Gasteiger partial charge in [-0.2, -0.15) is 0 Å². The van der Waals surface area contributed by atoms with Gasteiger partial charge in [-0.05, 0) is 38.0 Å². The third-order valence-corrected chi connectivity index (χ3v) is 4.47. The first kappa shape index (κ1) is 15.0. The number of aromatic nitrogens is 1. The molecule has 0 aliphatic heterocycles. The van der Waals surface area contributed by atoms with Crippen LogP contribution in [-0.2, 0) is 10.7 Å². The van der Waals surface area contributed by atoms with Gasteiger partial charge in [0.1, 0.15) is 5.01 Å². The Morgan fingerprint density at radius 3 is 2.85 bits per heavy atom. The SMILES string of the molecule is Cc1ccc(C)c(NC(=O)C(C)c2nc(CCl)cs2)c1. The van der Waals surface area contributed by atoms with Crippen LogP contribution in [-0.4, -0.2) is 10.9 Å². The summed E-state index contributed by atoms with van der Waals surface area (Å²) < 4.78 is 0. The molecule has 1 amide bonds. The normalized spacial score (nSPS) is 12.2. The molecule has 2 aromatic rings. The van der Waals surface area contributed by atoms with Crippen molar-refractivity contribution in [1.82, 2.24) is 4.98 Å². The van der Waals surface area contributed by atoms with E-state index in [9.17, 15) is 4.79 Å². The fraction of sp³-hybridized carbons (Fsp3) is 0.333. The predicted octanol–water partition coefficient (Wildman–Crippen LogP) is 4.24. The molecule has 5 heteroatoms. The minimum Gasteiger partial charge on any atom is -0.325 e. The largest absolute Gasteiger partial charge is 0.325 e. The van der Waals surface area contributed by atoms with Crippen molar-refractivity contribution in [3.8, 4) is 0 Å². The number of alkyl halides is 1. The Labute approximate surface area is 128 Å². The molecule has 0 radical (unpaired) electrons. The molecule has 2 rings (SSSR count). The first-order valence-electron chi connectivity index (χ1n) is 6.39. The molecule has 1 atom stereocenters. The van der Waals surface area contributed by atoms with Crippen molar-refractivity contribution in [2.45, 2.75) is 32.6 Å². The van der Waals surface area contributed by atoms with E-state index < -0.39 is 0 Å². The maximum Gasteiger partial charge on any atom is 0.234 e. The molecule has 0 saturated carbocycles. The van der Waals surface area contributed by atoms with Crippen molar-refractivity contribution in [2.24, 2.45) is 0 Å². The minimum absolute atomic E-state index is 0.0471. The molecule has 1 N–H and O–H groups in total. The summed E-state index contributed by atoms with van der Waals surface area (Å²) in [5, 5.41) is 5.66. The summed E-state index contributed by atoms with van der Waals surface area (Å²) in [4.78, 5) is 16.7. The van der Waals surface area contributed by atoms with E-state index in [1.165, 1.54) is 11.3 Å². The molecule has 0 saturated heterocycles. The molecule has 0 aliphatic carbocycles. The number of nitrogens with zero attached hydrogens (tertiary/aromatic N) is 1. The van der Waals surface area contributed by atoms with Crippen LogP contribution in [0.4, 0.5) is 5.69 Å². The third-order valence-electron chi connectivity index (χ3n) is 3.12. The zero-order chi connectivity index (χ0) is 14.7. The van der Waals surface area contributed by atoms with E-state index in [1.54, 1.807) is 0 Å². The molecule has 0 fully saturated rings. The van der Waals surface area contributed by atoms with E-state index in [2.05, 4.69) is 10.3 Å². The van der Waals surface area contributed by atoms with Crippen molar-refractivity contribution < 1.29 is 4.79 Å². The number of carbonyl (C=O) groups excluding carboxylic acids is 1. The number of benzene rings is 1. The molecule has 20 heavy (non-hydrogen) atoms. The second-order valence-electron chi connectivity index (χ2n) is 4.84. The predicted molar refractivity (Wildman–Crippen MR) is 84.6 cm³/mol. The Bertz CT molecular complexity index is 624. The van der Waals surface area contributed by atoms with Gasteiger partial charge in [-0.3, -0.25) is 4.79 Å². The molecule has 0 bridgehead atoms. The Hall–Kier alpha value is -1.39. The average Bonchev–Trinajstić information content (AvgIpc) is 2.90. The van der Waals surface area contributed by atoms with Gasteiger partial charge in [0.2, 0.25) is 5.91 Å². The van der Waals surface area contributed by atoms with Crippen molar-refractivity contribution >= 4 is 34.5 Å². The summed E-state index contributed by atoms with van der Waals surface area (Å²) in [5.74, 6) is 0.0491. The average molecular weight is 309 g/mol. The van der Waals surface area contributed by atoms with Crippen LogP contribution in [0, 0.1) is 13.8 Å². The van der Waals surface area contributed by atoms with Gasteiger partial charge in [0.25, 0.3) is 0 Å². The van der Waals surface area contributed by atoms with Gasteiger partial charge in [-0.1, -0.05) is 12.1 Å². The zero-order valence-corrected chi connectivity index (χ0v) is 13.3. The van der Waals surface area contributed by atoms with Crippen LogP contribution in [0.1, 0.15) is 34.7 Å². The summed E-state index contributed by atoms with van der Waals surface area (Å²) in [6.45, 7) is 5.85. The number of hydrogen-bond acceptors (Lipinski definition) is 3. The summed E-state index contributed by atoms with van der Waals surface area (Å²) in [5.41, 5.74) is 3.85. The minimum atomic E-state index is -0.281. The number of carbonyl (C=O) groups is 1. The lowest BCUT2D eigenvalue weighted by Crippen LogP contribution is -2.19. The van der Waals surface area contributed by atoms with E-state index >= 15 is 0 Å². The highest BCUT2D eigenvalue weighted by molar-refractivity contribution is 7.09. The van der Waals surface area contributed by atoms with Gasteiger partial charge in [-0.15, -0.1) is 22.9 Å². The van der Waals surface area contributed by atoms with Crippen LogP contribution in [0.15, 0.2) is 23.6 Å². The molecule has 0 spiro atoms. The van der Waals surface area contributed by atoms with E-state index in [4.69, 9.17) is 11.6 Å². The smallest absolute Gasteiger partial charge is 0.234 e. The van der Waals surface area contributed by atoms with Crippen molar-refractivity contribution in [3.63, 3.8) is 0 Å². The summed E-state index contributed by atoms with van der Waals surface area (Å²) in [7, 11) is 0. The van der Waals surface area contributed by atoms with Crippen LogP contribution in [0.2, 0.25) is 0 Å². The molecular weight excluding hydrogens is 292 g/mol. The van der Waals surface area contributed by atoms with Crippen LogP contribution in [0.5, 0.6) is 0 Å². The quantitative estimate of drug-likeness (QED) is 0.858. The number of nitrogens with one attached hydrogen (secondary N) is 1. The number of anilines is 1. The molecule has 1 aromatic carbocycles. The molecule has 106 valence electrons. The lowest BCUT2D eigenvalue weighted by atomic mass is 10.1. The Kier molecular flexibility index (Phi) is 4.78. The molecule has 0 aliphatic rings. The molecule has 3 nitrogen and oxygen atoms in total. The van der Waals surface area contributed by atoms with Gasteiger partial charge in [-0.25, -0.2) is 4.98 Å². The van der Waals surface area contributed by atoms with Gasteiger partial charge in [0, 0.05) is 11.1 Å². The first-order chi connectivity index (χ1) is 9.51. The topological polar surface area (TPSA) is 42.0 Å². The molecule has 1 unspecified atom stereocenters. The highest BCUT2D eigenvalue weighted by Gasteiger charge is 2.19. The lowest BCUT2D eigenvalue weighted by molar-refractivity contribution is -0.117. The first-order valence-corrected chi connectivity index (χ1v) is 7.81. The van der Waals surface area contributed by atoms with Crippen LogP contribution in [0.25, 0.3) is 0 Å². The maximum absolute atomic E-state index is 12.3. The van der Waals surface area contributed by atoms with Crippen molar-refractivity contribution in [2.75, 3.05) is 5.32 Å². The van der Waals surface area contributed by atoms with Gasteiger partial charge >= 0.3 is 0 Å². The second kappa shape index (κ2) is 6.37. The fourth-order valence-electron chi connectivity index (χ4n) is 1.81. The van der Waals surface area contributed by atoms with Gasteiger partial charge < -0.3 is 5.32 Å². The molecular formula is C15H17ClN2OS. The monoisotopic (exact) mass is 308 g/mol. The highest BCUT2D eigenvalue weighted by atomic mass is 35.5. The van der Waals surface area contributed by atoms with E-state index in [0.717, 1.165) is 27.5 Å². The number of thiazole rings is 1. The van der Waals surface area contributed by atoms with Crippen LogP contribution in [0.3, 0.4) is 0 Å². The Balaban J connectivity index is 2.13. The summed E-state index contributed by atoms with van der Waals surface area (Å²) in [6, 6.07) is 6.01. The standard InChI is InChI=1S/C15H17ClN2OS/c1-9-4-5-10(2)13(6-9)18-14(19)11(3)15-17-12(7-16)8-20-15/h4-6,8,11H,7H2,1-3H3,(H,18,19). The van der Waals surface area contributed by atoms with E-state index in [0.29, 0.717) is 5.88 Å². The van der Waals surface area contributed by atoms with Crippen LogP contribution >= 0.6 is 22.9 Å². The fourth-order valence-corrected chi connectivity index (χ4v) is 2.91. The second-order valence-corrected chi connectivity index (χ2v) is 6.00. The Morgan fingerprint density at radius 2 is 2.20 bits per heavy atom. The van der Waals surface area contributed by atoms with Crippen molar-refractivity contribution in [1.29, 1.82) is 0 Å². The van der Waals surface area contributed by atoms with E-state index in [-0.39, 0.29) is 11.8 Å². The van der Waals surface area contributed by atoms with Crippen molar-refractivity contribution in [3.05, 3.63) is 45.4 Å². The van der Waals surface area contributed by atoms with Gasteiger partial charge in [0.15, 0.2) is 0 Å². The molecule has 1 heterocycles. The third kappa shape index (κ3) is 3.38. The zero-order valence-electron chi connectivity index (χ0n) is 11.7. The number of halogens is 1. The highest BCUT2D eigenvalue weighted by Crippen LogP contribution is 2.24. The van der Waals surface area contributed by atoms with Crippen LogP contribution < -0.4 is 5.32 Å². The van der Waals surface area contributed by atoms with E-state index in [1.807, 2.05) is 44.4 Å². The number of amides is 1. The summed E-state index contributed by atoms with van der Waals surface area (Å²) >= 11 is 7.21. The Morgan fingerprint density at radius 1 is 1.45 bits per heavy atom. The molecule has 1 aromatic heterocycles. The number of hydrogen-bond donors (Lipinski definition) is 1. The lowest BCUT2D eigenvalue weighted by Gasteiger charge is -2.12. The summed E-state index contributed by atoms with van der Waals surface area (Å²) in [6.07, 6.45) is 0. The number of rotatable bonds is 4. The number of aryl methyl sites for hydroxylation is 2. The maximum atomic E-state index is 12.3. The van der Waals surface area contributed by atoms with Gasteiger partial charge in [0.05, 0.1) is 17.5 Å².